The molecule has 94 valence electrons. The van der Waals surface area contributed by atoms with Crippen LogP contribution < -0.4 is 11.3 Å². The summed E-state index contributed by atoms with van der Waals surface area (Å²) >= 11 is 0. The number of aromatic amines is 1. The largest absolute Gasteiger partial charge is 0.468 e. The van der Waals surface area contributed by atoms with E-state index < -0.39 is 12.0 Å². The molecule has 3 N–H and O–H groups in total. The first-order valence-corrected chi connectivity index (χ1v) is 4.13. The summed E-state index contributed by atoms with van der Waals surface area (Å²) in [6.45, 7) is 0. The molecule has 0 aliphatic carbocycles. The summed E-state index contributed by atoms with van der Waals surface area (Å²) in [7, 11) is 2.85. The second-order valence-corrected chi connectivity index (χ2v) is 3.00. The van der Waals surface area contributed by atoms with Crippen LogP contribution in [0.2, 0.25) is 0 Å². The average Bonchev–Trinajstić information content (AvgIpc) is 2.48. The molecule has 0 aliphatic rings. The zero-order valence-corrected chi connectivity index (χ0v) is 10.6. The number of hydrogen-bond donors (Lipinski definition) is 2. The summed E-state index contributed by atoms with van der Waals surface area (Å²) in [5.41, 5.74) is 5.80. The molecular weight excluding hydrogens is 257 g/mol. The number of aryl methyl sites for hydroxylation is 1. The van der Waals surface area contributed by atoms with Crippen molar-refractivity contribution in [3.8, 4) is 0 Å². The molecule has 16 heavy (non-hydrogen) atoms. The summed E-state index contributed by atoms with van der Waals surface area (Å²) in [6.07, 6.45) is 1.72. The molecule has 8 heteroatoms. The summed E-state index contributed by atoms with van der Waals surface area (Å²) in [5, 5.41) is 2.70. The van der Waals surface area contributed by atoms with Crippen LogP contribution in [0, 0.1) is 0 Å². The monoisotopic (exact) mass is 271 g/mol. The van der Waals surface area contributed by atoms with Crippen molar-refractivity contribution in [2.45, 2.75) is 12.5 Å². The fourth-order valence-electron chi connectivity index (χ4n) is 1.13. The number of H-pyrrole nitrogens is 1. The Bertz CT molecular complexity index is 388. The number of aromatic nitrogens is 2. The number of nitrogens with two attached hydrogens (primary N) is 1. The van der Waals surface area contributed by atoms with E-state index in [1.54, 1.807) is 7.05 Å². The van der Waals surface area contributed by atoms with Gasteiger partial charge in [-0.05, 0) is 0 Å². The topological polar surface area (TPSA) is 90.1 Å². The highest BCUT2D eigenvalue weighted by molar-refractivity contribution is 5.85. The lowest BCUT2D eigenvalue weighted by Crippen LogP contribution is -2.35. The van der Waals surface area contributed by atoms with Crippen molar-refractivity contribution in [1.29, 1.82) is 0 Å². The van der Waals surface area contributed by atoms with Gasteiger partial charge >= 0.3 is 5.97 Å². The van der Waals surface area contributed by atoms with E-state index in [0.29, 0.717) is 5.56 Å². The van der Waals surface area contributed by atoms with Crippen molar-refractivity contribution in [2.24, 2.45) is 12.8 Å². The van der Waals surface area contributed by atoms with Gasteiger partial charge in [-0.3, -0.25) is 14.3 Å². The lowest BCUT2D eigenvalue weighted by atomic mass is 10.1. The molecule has 1 atom stereocenters. The smallest absolute Gasteiger partial charge is 0.322 e. The minimum atomic E-state index is -0.788. The molecule has 1 aromatic heterocycles. The van der Waals surface area contributed by atoms with Crippen molar-refractivity contribution in [1.82, 2.24) is 9.78 Å². The maximum absolute atomic E-state index is 11.3. The van der Waals surface area contributed by atoms with E-state index in [4.69, 9.17) is 5.73 Å². The fourth-order valence-corrected chi connectivity index (χ4v) is 1.13. The molecular formula is C8H15Cl2N3O3. The zero-order chi connectivity index (χ0) is 10.7. The molecule has 6 nitrogen and oxygen atoms in total. The normalized spacial score (nSPS) is 10.9. The number of ether oxygens (including phenoxy) is 1. The first-order chi connectivity index (χ1) is 6.56. The number of nitrogens with zero attached hydrogens (tertiary/aromatic N) is 1. The lowest BCUT2D eigenvalue weighted by molar-refractivity contribution is -0.142. The first kappa shape index (κ1) is 17.4. The number of halogens is 2. The number of hydrogen-bond acceptors (Lipinski definition) is 4. The van der Waals surface area contributed by atoms with Crippen LogP contribution in [0.15, 0.2) is 11.0 Å². The standard InChI is InChI=1S/C8H13N3O3.2ClH/c1-11-7(12)5(4-10-11)3-6(9)8(13)14-2;;/h4,6,10H,3,9H2,1-2H3;2*1H/t6-;;/m1../s1. The summed E-state index contributed by atoms with van der Waals surface area (Å²) in [6, 6.07) is -0.788. The molecule has 0 fully saturated rings. The van der Waals surface area contributed by atoms with Gasteiger partial charge in [-0.2, -0.15) is 0 Å². The minimum absolute atomic E-state index is 0. The minimum Gasteiger partial charge on any atom is -0.468 e. The maximum Gasteiger partial charge on any atom is 0.322 e. The second kappa shape index (κ2) is 7.32. The molecule has 1 aromatic rings. The number of carbonyl (C=O) groups is 1. The third kappa shape index (κ3) is 3.88. The van der Waals surface area contributed by atoms with Crippen LogP contribution in [0.1, 0.15) is 5.56 Å². The van der Waals surface area contributed by atoms with Gasteiger partial charge in [-0.25, -0.2) is 0 Å². The predicted octanol–water partition coefficient (Wildman–Crippen LogP) is -0.400. The number of nitrogens with one attached hydrogen (secondary N) is 1. The van der Waals surface area contributed by atoms with Gasteiger partial charge in [0.05, 0.1) is 7.11 Å². The van der Waals surface area contributed by atoms with Crippen LogP contribution >= 0.6 is 24.8 Å². The van der Waals surface area contributed by atoms with E-state index in [1.165, 1.54) is 18.0 Å². The zero-order valence-electron chi connectivity index (χ0n) is 8.93. The number of esters is 1. The molecule has 0 aliphatic heterocycles. The Kier molecular flexibility index (Phi) is 7.97. The van der Waals surface area contributed by atoms with Gasteiger partial charge in [0.2, 0.25) is 0 Å². The van der Waals surface area contributed by atoms with Gasteiger partial charge in [-0.1, -0.05) is 0 Å². The van der Waals surface area contributed by atoms with Crippen molar-refractivity contribution >= 4 is 30.8 Å². The van der Waals surface area contributed by atoms with Crippen molar-refractivity contribution in [3.05, 3.63) is 22.1 Å². The summed E-state index contributed by atoms with van der Waals surface area (Å²) in [5.74, 6) is -0.520. The van der Waals surface area contributed by atoms with Crippen LogP contribution in [0.5, 0.6) is 0 Å². The van der Waals surface area contributed by atoms with Gasteiger partial charge in [0.1, 0.15) is 6.04 Å². The van der Waals surface area contributed by atoms with Crippen molar-refractivity contribution in [3.63, 3.8) is 0 Å². The van der Waals surface area contributed by atoms with Crippen molar-refractivity contribution < 1.29 is 9.53 Å². The third-order valence-electron chi connectivity index (χ3n) is 1.96. The highest BCUT2D eigenvalue weighted by Gasteiger charge is 2.16. The number of rotatable bonds is 3. The molecule has 0 saturated carbocycles. The molecule has 0 amide bonds. The highest BCUT2D eigenvalue weighted by Crippen LogP contribution is 1.95. The van der Waals surface area contributed by atoms with E-state index >= 15 is 0 Å². The van der Waals surface area contributed by atoms with E-state index in [0.717, 1.165) is 0 Å². The summed E-state index contributed by atoms with van der Waals surface area (Å²) < 4.78 is 5.77. The Morgan fingerprint density at radius 2 is 2.19 bits per heavy atom. The van der Waals surface area contributed by atoms with E-state index in [2.05, 4.69) is 9.84 Å². The molecule has 1 rings (SSSR count). The van der Waals surface area contributed by atoms with Crippen molar-refractivity contribution in [2.75, 3.05) is 7.11 Å². The number of methoxy groups -OCH3 is 1. The Balaban J connectivity index is 0. The average molecular weight is 272 g/mol. The Hall–Kier alpha value is -0.980. The van der Waals surface area contributed by atoms with Crippen LogP contribution in [-0.4, -0.2) is 28.9 Å². The van der Waals surface area contributed by atoms with Gasteiger partial charge in [0.25, 0.3) is 5.56 Å². The molecule has 0 bridgehead atoms. The molecule has 0 unspecified atom stereocenters. The van der Waals surface area contributed by atoms with E-state index in [-0.39, 0.29) is 36.8 Å². The van der Waals surface area contributed by atoms with Gasteiger partial charge < -0.3 is 15.6 Å². The quantitative estimate of drug-likeness (QED) is 0.732. The highest BCUT2D eigenvalue weighted by atomic mass is 35.5. The molecule has 0 aromatic carbocycles. The Labute approximate surface area is 105 Å². The molecule has 0 radical (unpaired) electrons. The van der Waals surface area contributed by atoms with Gasteiger partial charge in [0.15, 0.2) is 0 Å². The first-order valence-electron chi connectivity index (χ1n) is 4.13. The fraction of sp³-hybridized carbons (Fsp3) is 0.500. The van der Waals surface area contributed by atoms with Crippen LogP contribution in [0.4, 0.5) is 0 Å². The third-order valence-corrected chi connectivity index (χ3v) is 1.96. The SMILES string of the molecule is COC(=O)[C@H](N)Cc1c[nH]n(C)c1=O.Cl.Cl. The lowest BCUT2D eigenvalue weighted by Gasteiger charge is -2.05. The van der Waals surface area contributed by atoms with Crippen LogP contribution in [0.3, 0.4) is 0 Å². The molecule has 0 saturated heterocycles. The van der Waals surface area contributed by atoms with Gasteiger partial charge in [0, 0.05) is 25.2 Å². The number of carbonyl (C=O) groups excluding carboxylic acids is 1. The Morgan fingerprint density at radius 1 is 1.62 bits per heavy atom. The van der Waals surface area contributed by atoms with Gasteiger partial charge in [-0.15, -0.1) is 24.8 Å². The second-order valence-electron chi connectivity index (χ2n) is 3.00. The van der Waals surface area contributed by atoms with Crippen LogP contribution in [-0.2, 0) is 23.0 Å². The molecule has 0 spiro atoms. The maximum atomic E-state index is 11.3. The Morgan fingerprint density at radius 3 is 2.56 bits per heavy atom. The summed E-state index contributed by atoms with van der Waals surface area (Å²) in [4.78, 5) is 22.3. The predicted molar refractivity (Wildman–Crippen MR) is 64.2 cm³/mol. The molecule has 1 heterocycles. The van der Waals surface area contributed by atoms with Crippen LogP contribution in [0.25, 0.3) is 0 Å². The van der Waals surface area contributed by atoms with E-state index in [1.807, 2.05) is 0 Å². The van der Waals surface area contributed by atoms with E-state index in [9.17, 15) is 9.59 Å².